The average Bonchev–Trinajstić information content (AvgIpc) is 3.90. The average molecular weight is 804 g/mol. The van der Waals surface area contributed by atoms with E-state index in [4.69, 9.17) is 4.42 Å². The van der Waals surface area contributed by atoms with Gasteiger partial charge in [-0.15, -0.1) is 0 Å². The molecule has 1 aliphatic carbocycles. The minimum absolute atomic E-state index is 0.529. The van der Waals surface area contributed by atoms with E-state index in [1.54, 1.807) is 0 Å². The molecule has 63 heavy (non-hydrogen) atoms. The first-order valence-electron chi connectivity index (χ1n) is 21.7. The highest BCUT2D eigenvalue weighted by Gasteiger charge is 2.47. The Labute approximate surface area is 367 Å². The van der Waals surface area contributed by atoms with Crippen LogP contribution in [0.5, 0.6) is 0 Å². The summed E-state index contributed by atoms with van der Waals surface area (Å²) < 4.78 is 6.38. The van der Waals surface area contributed by atoms with E-state index in [-0.39, 0.29) is 0 Å². The Morgan fingerprint density at radius 2 is 0.825 bits per heavy atom. The van der Waals surface area contributed by atoms with E-state index >= 15 is 0 Å². The van der Waals surface area contributed by atoms with Crippen LogP contribution in [-0.2, 0) is 5.41 Å². The second-order valence-corrected chi connectivity index (χ2v) is 16.4. The van der Waals surface area contributed by atoms with Gasteiger partial charge in [0.25, 0.3) is 0 Å². The van der Waals surface area contributed by atoms with Crippen molar-refractivity contribution in [2.75, 3.05) is 4.90 Å². The standard InChI is InChI=1S/C61H41NO/c1-4-18-42(19-5-1)43-36-38-44(39-37-43)45-20-14-26-49(40-45)62(50-27-15-21-46(41-50)51-30-16-35-58-59(51)53-29-11-13-34-57(53)63-58)56-33-17-32-55-60(56)52-28-10-12-31-54(52)61(55,47-22-6-2-7-23-47)48-24-8-3-9-25-48/h1-41H. The molecule has 2 heteroatoms. The third kappa shape index (κ3) is 5.95. The van der Waals surface area contributed by atoms with Crippen LogP contribution in [0.3, 0.4) is 0 Å². The molecule has 0 amide bonds. The highest BCUT2D eigenvalue weighted by Crippen LogP contribution is 2.59. The Hall–Kier alpha value is -8.20. The number of nitrogens with zero attached hydrogens (tertiary/aromatic N) is 1. The van der Waals surface area contributed by atoms with Crippen molar-refractivity contribution in [2.45, 2.75) is 5.41 Å². The fourth-order valence-electron chi connectivity index (χ4n) is 10.2. The van der Waals surface area contributed by atoms with Gasteiger partial charge in [-0.2, -0.15) is 0 Å². The Morgan fingerprint density at radius 3 is 1.56 bits per heavy atom. The molecule has 10 aromatic carbocycles. The molecule has 11 aromatic rings. The summed E-state index contributed by atoms with van der Waals surface area (Å²) in [7, 11) is 0. The lowest BCUT2D eigenvalue weighted by Crippen LogP contribution is -2.28. The normalized spacial score (nSPS) is 12.6. The number of benzene rings is 10. The van der Waals surface area contributed by atoms with Crippen molar-refractivity contribution < 1.29 is 4.42 Å². The highest BCUT2D eigenvalue weighted by atomic mass is 16.3. The Balaban J connectivity index is 1.10. The summed E-state index contributed by atoms with van der Waals surface area (Å²) in [5.74, 6) is 0. The van der Waals surface area contributed by atoms with E-state index in [0.29, 0.717) is 0 Å². The van der Waals surface area contributed by atoms with E-state index in [2.05, 4.69) is 248 Å². The SMILES string of the molecule is c1ccc(-c2ccc(-c3cccc(N(c4cccc(-c5cccc6oc7ccccc7c56)c4)c4cccc5c4-c4ccccc4C5(c4ccccc4)c4ccccc4)c3)cc2)cc1. The Morgan fingerprint density at radius 1 is 0.333 bits per heavy atom. The lowest BCUT2D eigenvalue weighted by Gasteiger charge is -2.34. The Kier molecular flexibility index (Phi) is 8.76. The minimum atomic E-state index is -0.529. The zero-order valence-electron chi connectivity index (χ0n) is 34.5. The first-order valence-corrected chi connectivity index (χ1v) is 21.7. The number of furan rings is 1. The summed E-state index contributed by atoms with van der Waals surface area (Å²) in [5, 5.41) is 2.25. The van der Waals surface area contributed by atoms with Crippen molar-refractivity contribution in [2.24, 2.45) is 0 Å². The predicted octanol–water partition coefficient (Wildman–Crippen LogP) is 16.4. The van der Waals surface area contributed by atoms with Crippen molar-refractivity contribution in [3.8, 4) is 44.5 Å². The first-order chi connectivity index (χ1) is 31.3. The number of hydrogen-bond donors (Lipinski definition) is 0. The molecule has 0 atom stereocenters. The molecule has 0 bridgehead atoms. The van der Waals surface area contributed by atoms with Crippen molar-refractivity contribution >= 4 is 39.0 Å². The van der Waals surface area contributed by atoms with Gasteiger partial charge in [0.05, 0.1) is 11.1 Å². The number of anilines is 3. The molecule has 0 unspecified atom stereocenters. The summed E-state index contributed by atoms with van der Waals surface area (Å²) in [5.41, 5.74) is 19.0. The van der Waals surface area contributed by atoms with Gasteiger partial charge in [-0.25, -0.2) is 0 Å². The largest absolute Gasteiger partial charge is 0.456 e. The molecule has 0 saturated heterocycles. The van der Waals surface area contributed by atoms with Crippen LogP contribution >= 0.6 is 0 Å². The van der Waals surface area contributed by atoms with Crippen LogP contribution < -0.4 is 4.90 Å². The summed E-state index contributed by atoms with van der Waals surface area (Å²) in [6, 6.07) is 90.3. The van der Waals surface area contributed by atoms with Gasteiger partial charge in [0, 0.05) is 27.7 Å². The fourth-order valence-corrected chi connectivity index (χ4v) is 10.2. The molecule has 1 heterocycles. The van der Waals surface area contributed by atoms with Crippen LogP contribution in [0.15, 0.2) is 253 Å². The van der Waals surface area contributed by atoms with Gasteiger partial charge in [-0.1, -0.05) is 206 Å². The van der Waals surface area contributed by atoms with Crippen LogP contribution in [-0.4, -0.2) is 0 Å². The van der Waals surface area contributed by atoms with Crippen LogP contribution in [0.2, 0.25) is 0 Å². The zero-order chi connectivity index (χ0) is 41.7. The van der Waals surface area contributed by atoms with Gasteiger partial charge in [0.1, 0.15) is 11.2 Å². The third-order valence-corrected chi connectivity index (χ3v) is 12.9. The molecule has 296 valence electrons. The van der Waals surface area contributed by atoms with Gasteiger partial charge in [-0.05, 0) is 104 Å². The topological polar surface area (TPSA) is 16.4 Å². The maximum atomic E-state index is 6.38. The molecule has 0 radical (unpaired) electrons. The summed E-state index contributed by atoms with van der Waals surface area (Å²) in [6.07, 6.45) is 0. The first kappa shape index (κ1) is 36.6. The van der Waals surface area contributed by atoms with Crippen molar-refractivity contribution in [1.82, 2.24) is 0 Å². The van der Waals surface area contributed by atoms with Gasteiger partial charge < -0.3 is 9.32 Å². The fraction of sp³-hybridized carbons (Fsp3) is 0.0164. The molecule has 2 nitrogen and oxygen atoms in total. The van der Waals surface area contributed by atoms with E-state index in [1.807, 2.05) is 6.07 Å². The molecule has 0 fully saturated rings. The van der Waals surface area contributed by atoms with E-state index in [1.165, 1.54) is 50.1 Å². The van der Waals surface area contributed by atoms with Crippen LogP contribution in [0, 0.1) is 0 Å². The molecular weight excluding hydrogens is 763 g/mol. The van der Waals surface area contributed by atoms with Crippen molar-refractivity contribution in [1.29, 1.82) is 0 Å². The van der Waals surface area contributed by atoms with Crippen LogP contribution in [0.4, 0.5) is 17.1 Å². The monoisotopic (exact) mass is 803 g/mol. The van der Waals surface area contributed by atoms with Crippen LogP contribution in [0.1, 0.15) is 22.3 Å². The van der Waals surface area contributed by atoms with Crippen molar-refractivity contribution in [3.05, 3.63) is 271 Å². The third-order valence-electron chi connectivity index (χ3n) is 12.9. The van der Waals surface area contributed by atoms with Gasteiger partial charge >= 0.3 is 0 Å². The number of fused-ring (bicyclic) bond motifs is 6. The van der Waals surface area contributed by atoms with Crippen LogP contribution in [0.25, 0.3) is 66.4 Å². The second-order valence-electron chi connectivity index (χ2n) is 16.4. The molecule has 0 N–H and O–H groups in total. The summed E-state index contributed by atoms with van der Waals surface area (Å²) in [4.78, 5) is 2.47. The van der Waals surface area contributed by atoms with Gasteiger partial charge in [0.2, 0.25) is 0 Å². The molecule has 0 spiro atoms. The van der Waals surface area contributed by atoms with Crippen molar-refractivity contribution in [3.63, 3.8) is 0 Å². The van der Waals surface area contributed by atoms with E-state index in [9.17, 15) is 0 Å². The van der Waals surface area contributed by atoms with E-state index < -0.39 is 5.41 Å². The predicted molar refractivity (Wildman–Crippen MR) is 262 cm³/mol. The summed E-state index contributed by atoms with van der Waals surface area (Å²) in [6.45, 7) is 0. The molecular formula is C61H41NO. The lowest BCUT2D eigenvalue weighted by atomic mass is 9.68. The molecule has 1 aromatic heterocycles. The van der Waals surface area contributed by atoms with E-state index in [0.717, 1.165) is 55.7 Å². The molecule has 0 saturated carbocycles. The lowest BCUT2D eigenvalue weighted by molar-refractivity contribution is 0.669. The quantitative estimate of drug-likeness (QED) is 0.152. The second kappa shape index (κ2) is 15.1. The maximum absolute atomic E-state index is 6.38. The van der Waals surface area contributed by atoms with Gasteiger partial charge in [0.15, 0.2) is 0 Å². The zero-order valence-corrected chi connectivity index (χ0v) is 34.5. The number of rotatable bonds is 8. The maximum Gasteiger partial charge on any atom is 0.136 e. The number of hydrogen-bond acceptors (Lipinski definition) is 2. The molecule has 12 rings (SSSR count). The minimum Gasteiger partial charge on any atom is -0.456 e. The molecule has 1 aliphatic rings. The highest BCUT2D eigenvalue weighted by molar-refractivity contribution is 6.12. The Bertz CT molecular complexity index is 3400. The summed E-state index contributed by atoms with van der Waals surface area (Å²) >= 11 is 0. The number of para-hydroxylation sites is 1. The smallest absolute Gasteiger partial charge is 0.136 e. The van der Waals surface area contributed by atoms with Gasteiger partial charge in [-0.3, -0.25) is 0 Å². The molecule has 0 aliphatic heterocycles.